The van der Waals surface area contributed by atoms with Crippen molar-refractivity contribution in [3.8, 4) is 0 Å². The van der Waals surface area contributed by atoms with Crippen LogP contribution in [0.5, 0.6) is 0 Å². The van der Waals surface area contributed by atoms with Gasteiger partial charge in [-0.05, 0) is 26.0 Å². The van der Waals surface area contributed by atoms with Crippen LogP contribution < -0.4 is 5.32 Å². The largest absolute Gasteiger partial charge is 0.468 e. The van der Waals surface area contributed by atoms with E-state index in [-0.39, 0.29) is 12.6 Å². The number of nitrogens with zero attached hydrogens (tertiary/aromatic N) is 2. The molecule has 6 heteroatoms. The van der Waals surface area contributed by atoms with Crippen molar-refractivity contribution >= 4 is 0 Å². The first-order chi connectivity index (χ1) is 10.2. The Labute approximate surface area is 124 Å². The third-order valence-electron chi connectivity index (χ3n) is 3.59. The van der Waals surface area contributed by atoms with Crippen LogP contribution in [0.1, 0.15) is 28.8 Å². The number of aryl methyl sites for hydroxylation is 1. The summed E-state index contributed by atoms with van der Waals surface area (Å²) < 4.78 is 12.5. The van der Waals surface area contributed by atoms with E-state index in [1.54, 1.807) is 13.4 Å². The maximum atomic E-state index is 9.05. The van der Waals surface area contributed by atoms with Crippen LogP contribution in [0.4, 0.5) is 0 Å². The van der Waals surface area contributed by atoms with Crippen molar-refractivity contribution in [3.05, 3.63) is 41.1 Å². The summed E-state index contributed by atoms with van der Waals surface area (Å²) in [7, 11) is 1.67. The lowest BCUT2D eigenvalue weighted by atomic mass is 10.1. The molecule has 2 N–H and O–H groups in total. The van der Waals surface area contributed by atoms with E-state index in [1.165, 1.54) is 0 Å². The normalized spacial score (nSPS) is 12.8. The molecule has 0 radical (unpaired) electrons. The summed E-state index contributed by atoms with van der Waals surface area (Å²) in [5.74, 6) is 0.856. The predicted molar refractivity (Wildman–Crippen MR) is 79.0 cm³/mol. The van der Waals surface area contributed by atoms with E-state index in [0.717, 1.165) is 22.7 Å². The van der Waals surface area contributed by atoms with E-state index >= 15 is 0 Å². The minimum atomic E-state index is 0.00462. The van der Waals surface area contributed by atoms with Gasteiger partial charge in [-0.3, -0.25) is 4.68 Å². The van der Waals surface area contributed by atoms with E-state index in [2.05, 4.69) is 10.4 Å². The molecule has 6 nitrogen and oxygen atoms in total. The van der Waals surface area contributed by atoms with Gasteiger partial charge in [0.2, 0.25) is 0 Å². The zero-order valence-electron chi connectivity index (χ0n) is 12.8. The molecule has 0 aliphatic carbocycles. The average Bonchev–Trinajstić information content (AvgIpc) is 3.07. The first-order valence-corrected chi connectivity index (χ1v) is 7.06. The number of hydrogen-bond donors (Lipinski definition) is 2. The summed E-state index contributed by atoms with van der Waals surface area (Å²) in [6, 6.07) is 3.81. The number of methoxy groups -OCH3 is 1. The van der Waals surface area contributed by atoms with Crippen LogP contribution in [0.15, 0.2) is 22.8 Å². The second-order valence-corrected chi connectivity index (χ2v) is 5.00. The fourth-order valence-corrected chi connectivity index (χ4v) is 2.43. The van der Waals surface area contributed by atoms with Gasteiger partial charge in [-0.15, -0.1) is 0 Å². The topological polar surface area (TPSA) is 72.5 Å². The van der Waals surface area contributed by atoms with Gasteiger partial charge >= 0.3 is 0 Å². The van der Waals surface area contributed by atoms with Crippen LogP contribution in [0.2, 0.25) is 0 Å². The van der Waals surface area contributed by atoms with E-state index in [9.17, 15) is 0 Å². The van der Waals surface area contributed by atoms with Gasteiger partial charge in [0, 0.05) is 24.9 Å². The summed E-state index contributed by atoms with van der Waals surface area (Å²) in [5.41, 5.74) is 3.20. The van der Waals surface area contributed by atoms with Gasteiger partial charge in [0.25, 0.3) is 0 Å². The fourth-order valence-electron chi connectivity index (χ4n) is 2.43. The molecule has 0 amide bonds. The van der Waals surface area contributed by atoms with Crippen LogP contribution in [-0.2, 0) is 17.8 Å². The van der Waals surface area contributed by atoms with E-state index in [0.29, 0.717) is 19.7 Å². The Morgan fingerprint density at radius 3 is 2.90 bits per heavy atom. The molecule has 21 heavy (non-hydrogen) atoms. The first kappa shape index (κ1) is 15.8. The van der Waals surface area contributed by atoms with E-state index in [4.69, 9.17) is 14.3 Å². The molecule has 2 heterocycles. The highest BCUT2D eigenvalue weighted by atomic mass is 16.5. The maximum Gasteiger partial charge on any atom is 0.123 e. The SMILES string of the molecule is COCC(NCc1c(C)nn(CCO)c1C)c1ccco1. The molecule has 1 atom stereocenters. The number of hydrogen-bond acceptors (Lipinski definition) is 5. The highest BCUT2D eigenvalue weighted by molar-refractivity contribution is 5.24. The maximum absolute atomic E-state index is 9.05. The van der Waals surface area contributed by atoms with Crippen LogP contribution in [-0.4, -0.2) is 35.2 Å². The van der Waals surface area contributed by atoms with Gasteiger partial charge in [0.1, 0.15) is 5.76 Å². The van der Waals surface area contributed by atoms with Crippen LogP contribution in [0, 0.1) is 13.8 Å². The standard InChI is InChI=1S/C15H23N3O3/c1-11-13(12(2)18(17-11)6-7-19)9-16-14(10-20-3)15-5-4-8-21-15/h4-5,8,14,16,19H,6-7,9-10H2,1-3H3. The quantitative estimate of drug-likeness (QED) is 0.773. The summed E-state index contributed by atoms with van der Waals surface area (Å²) in [5, 5.41) is 16.9. The summed E-state index contributed by atoms with van der Waals surface area (Å²) in [6.07, 6.45) is 1.66. The molecule has 2 rings (SSSR count). The van der Waals surface area contributed by atoms with Crippen molar-refractivity contribution < 1.29 is 14.3 Å². The molecule has 0 saturated heterocycles. The Hall–Kier alpha value is -1.63. The Morgan fingerprint density at radius 1 is 1.48 bits per heavy atom. The number of rotatable bonds is 8. The molecule has 0 saturated carbocycles. The zero-order valence-corrected chi connectivity index (χ0v) is 12.8. The number of aliphatic hydroxyl groups is 1. The van der Waals surface area contributed by atoms with Crippen LogP contribution in [0.25, 0.3) is 0 Å². The molecule has 2 aromatic heterocycles. The van der Waals surface area contributed by atoms with Crippen LogP contribution in [0.3, 0.4) is 0 Å². The van der Waals surface area contributed by atoms with Crippen molar-refractivity contribution in [2.24, 2.45) is 0 Å². The number of aliphatic hydroxyl groups excluding tert-OH is 1. The van der Waals surface area contributed by atoms with E-state index in [1.807, 2.05) is 30.7 Å². The lowest BCUT2D eigenvalue weighted by molar-refractivity contribution is 0.156. The number of nitrogens with one attached hydrogen (secondary N) is 1. The third kappa shape index (κ3) is 3.72. The molecule has 2 aromatic rings. The van der Waals surface area contributed by atoms with Crippen molar-refractivity contribution in [2.75, 3.05) is 20.3 Å². The summed E-state index contributed by atoms with van der Waals surface area (Å²) in [4.78, 5) is 0. The van der Waals surface area contributed by atoms with Gasteiger partial charge in [-0.1, -0.05) is 0 Å². The number of ether oxygens (including phenoxy) is 1. The molecule has 0 aliphatic rings. The molecular formula is C15H23N3O3. The first-order valence-electron chi connectivity index (χ1n) is 7.06. The fraction of sp³-hybridized carbons (Fsp3) is 0.533. The van der Waals surface area contributed by atoms with Crippen molar-refractivity contribution in [1.82, 2.24) is 15.1 Å². The minimum absolute atomic E-state index is 0.00462. The summed E-state index contributed by atoms with van der Waals surface area (Å²) >= 11 is 0. The van der Waals surface area contributed by atoms with Gasteiger partial charge in [-0.2, -0.15) is 5.10 Å². The Kier molecular flexibility index (Phi) is 5.55. The van der Waals surface area contributed by atoms with Crippen molar-refractivity contribution in [1.29, 1.82) is 0 Å². The predicted octanol–water partition coefficient (Wildman–Crippen LogP) is 1.56. The molecule has 0 bridgehead atoms. The van der Waals surface area contributed by atoms with Crippen molar-refractivity contribution in [3.63, 3.8) is 0 Å². The smallest absolute Gasteiger partial charge is 0.123 e. The highest BCUT2D eigenvalue weighted by Gasteiger charge is 2.16. The Bertz CT molecular complexity index is 549. The molecule has 1 unspecified atom stereocenters. The summed E-state index contributed by atoms with van der Waals surface area (Å²) in [6.45, 7) is 5.83. The average molecular weight is 293 g/mol. The highest BCUT2D eigenvalue weighted by Crippen LogP contribution is 2.17. The lowest BCUT2D eigenvalue weighted by Gasteiger charge is -2.16. The minimum Gasteiger partial charge on any atom is -0.468 e. The number of furan rings is 1. The molecule has 0 fully saturated rings. The van der Waals surface area contributed by atoms with Gasteiger partial charge < -0.3 is 19.6 Å². The molecular weight excluding hydrogens is 270 g/mol. The van der Waals surface area contributed by atoms with Crippen molar-refractivity contribution in [2.45, 2.75) is 33.0 Å². The van der Waals surface area contributed by atoms with Gasteiger partial charge in [-0.25, -0.2) is 0 Å². The molecule has 0 aromatic carbocycles. The lowest BCUT2D eigenvalue weighted by Crippen LogP contribution is -2.25. The van der Waals surface area contributed by atoms with Gasteiger partial charge in [0.15, 0.2) is 0 Å². The molecule has 116 valence electrons. The third-order valence-corrected chi connectivity index (χ3v) is 3.59. The Morgan fingerprint density at radius 2 is 2.29 bits per heavy atom. The van der Waals surface area contributed by atoms with Gasteiger partial charge in [0.05, 0.1) is 37.8 Å². The number of aromatic nitrogens is 2. The monoisotopic (exact) mass is 293 g/mol. The zero-order chi connectivity index (χ0) is 15.2. The second kappa shape index (κ2) is 7.40. The Balaban J connectivity index is 2.07. The second-order valence-electron chi connectivity index (χ2n) is 5.00. The van der Waals surface area contributed by atoms with E-state index < -0.39 is 0 Å². The molecule has 0 aliphatic heterocycles. The molecule has 0 spiro atoms. The van der Waals surface area contributed by atoms with Crippen LogP contribution >= 0.6 is 0 Å².